The average molecular weight is 396 g/mol. The summed E-state index contributed by atoms with van der Waals surface area (Å²) in [6, 6.07) is 16.2. The summed E-state index contributed by atoms with van der Waals surface area (Å²) in [7, 11) is 0. The van der Waals surface area contributed by atoms with Crippen LogP contribution in [-0.2, 0) is 30.2 Å². The number of aromatic nitrogens is 2. The van der Waals surface area contributed by atoms with Crippen molar-refractivity contribution in [3.05, 3.63) is 82.7 Å². The second-order valence-electron chi connectivity index (χ2n) is 6.76. The van der Waals surface area contributed by atoms with E-state index in [9.17, 15) is 9.90 Å². The van der Waals surface area contributed by atoms with E-state index < -0.39 is 0 Å². The Morgan fingerprint density at radius 1 is 1.18 bits per heavy atom. The Hall–Kier alpha value is -2.57. The molecule has 1 aromatic heterocycles. The molecule has 0 fully saturated rings. The Morgan fingerprint density at radius 3 is 2.71 bits per heavy atom. The van der Waals surface area contributed by atoms with E-state index in [1.54, 1.807) is 22.5 Å². The van der Waals surface area contributed by atoms with Gasteiger partial charge in [-0.3, -0.25) is 4.79 Å². The zero-order valence-corrected chi connectivity index (χ0v) is 17.0. The number of hydrogen-bond acceptors (Lipinski definition) is 4. The number of benzene rings is 2. The molecule has 0 saturated carbocycles. The fourth-order valence-electron chi connectivity index (χ4n) is 2.90. The zero-order chi connectivity index (χ0) is 19.9. The highest BCUT2D eigenvalue weighted by Crippen LogP contribution is 2.25. The third-order valence-corrected chi connectivity index (χ3v) is 5.60. The summed E-state index contributed by atoms with van der Waals surface area (Å²) in [5.41, 5.74) is 5.39. The molecule has 0 aliphatic rings. The summed E-state index contributed by atoms with van der Waals surface area (Å²) in [5.74, 6) is 0.659. The Morgan fingerprint density at radius 2 is 1.96 bits per heavy atom. The molecule has 0 spiro atoms. The number of nitrogens with one attached hydrogen (secondary N) is 1. The molecule has 5 nitrogen and oxygen atoms in total. The first-order chi connectivity index (χ1) is 13.6. The molecule has 2 aromatic carbocycles. The lowest BCUT2D eigenvalue weighted by Gasteiger charge is -2.12. The van der Waals surface area contributed by atoms with Crippen LogP contribution in [0.3, 0.4) is 0 Å². The van der Waals surface area contributed by atoms with Crippen molar-refractivity contribution in [2.45, 2.75) is 44.5 Å². The SMILES string of the molecule is Cc1ccc(C)c(CSc2ncc(CO)n2CC(=O)NCc2ccccc2)c1. The number of aryl methyl sites for hydroxylation is 2. The maximum absolute atomic E-state index is 12.4. The quantitative estimate of drug-likeness (QED) is 0.572. The van der Waals surface area contributed by atoms with Gasteiger partial charge in [0.1, 0.15) is 6.54 Å². The first-order valence-electron chi connectivity index (χ1n) is 9.21. The van der Waals surface area contributed by atoms with Gasteiger partial charge >= 0.3 is 0 Å². The number of carbonyl (C=O) groups excluding carboxylic acids is 1. The lowest BCUT2D eigenvalue weighted by Crippen LogP contribution is -2.28. The summed E-state index contributed by atoms with van der Waals surface area (Å²) < 4.78 is 1.79. The van der Waals surface area contributed by atoms with Gasteiger partial charge in [-0.25, -0.2) is 4.98 Å². The van der Waals surface area contributed by atoms with Crippen molar-refractivity contribution in [1.29, 1.82) is 0 Å². The molecule has 3 aromatic rings. The monoisotopic (exact) mass is 395 g/mol. The van der Waals surface area contributed by atoms with Gasteiger partial charge in [-0.05, 0) is 30.5 Å². The first-order valence-corrected chi connectivity index (χ1v) is 10.2. The van der Waals surface area contributed by atoms with Crippen molar-refractivity contribution in [3.8, 4) is 0 Å². The molecule has 1 amide bonds. The molecular weight excluding hydrogens is 370 g/mol. The van der Waals surface area contributed by atoms with Crippen molar-refractivity contribution < 1.29 is 9.90 Å². The van der Waals surface area contributed by atoms with Gasteiger partial charge in [-0.1, -0.05) is 65.9 Å². The van der Waals surface area contributed by atoms with E-state index in [4.69, 9.17) is 0 Å². The van der Waals surface area contributed by atoms with Crippen molar-refractivity contribution in [1.82, 2.24) is 14.9 Å². The highest BCUT2D eigenvalue weighted by molar-refractivity contribution is 7.98. The van der Waals surface area contributed by atoms with Gasteiger partial charge < -0.3 is 15.0 Å². The van der Waals surface area contributed by atoms with E-state index in [-0.39, 0.29) is 19.1 Å². The molecule has 0 atom stereocenters. The summed E-state index contributed by atoms with van der Waals surface area (Å²) in [6.45, 7) is 4.64. The van der Waals surface area contributed by atoms with Crippen LogP contribution < -0.4 is 5.32 Å². The van der Waals surface area contributed by atoms with Gasteiger partial charge in [-0.15, -0.1) is 0 Å². The molecule has 0 aliphatic heterocycles. The smallest absolute Gasteiger partial charge is 0.240 e. The molecule has 2 N–H and O–H groups in total. The number of rotatable bonds is 8. The van der Waals surface area contributed by atoms with Crippen molar-refractivity contribution in [2.75, 3.05) is 0 Å². The van der Waals surface area contributed by atoms with Gasteiger partial charge in [0.15, 0.2) is 5.16 Å². The molecule has 0 bridgehead atoms. The molecular formula is C22H25N3O2S. The van der Waals surface area contributed by atoms with E-state index in [2.05, 4.69) is 42.3 Å². The lowest BCUT2D eigenvalue weighted by molar-refractivity contribution is -0.122. The normalized spacial score (nSPS) is 10.8. The van der Waals surface area contributed by atoms with Crippen molar-refractivity contribution in [2.24, 2.45) is 0 Å². The standard InChI is InChI=1S/C22H25N3O2S/c1-16-8-9-17(2)19(10-16)15-28-22-24-12-20(14-26)25(22)13-21(27)23-11-18-6-4-3-5-7-18/h3-10,12,26H,11,13-15H2,1-2H3,(H,23,27). The molecule has 0 saturated heterocycles. The minimum atomic E-state index is -0.150. The van der Waals surface area contributed by atoms with Crippen LogP contribution in [0.1, 0.15) is 27.9 Å². The summed E-state index contributed by atoms with van der Waals surface area (Å²) in [4.78, 5) is 16.8. The van der Waals surface area contributed by atoms with Gasteiger partial charge in [0.2, 0.25) is 5.91 Å². The molecule has 146 valence electrons. The zero-order valence-electron chi connectivity index (χ0n) is 16.2. The predicted octanol–water partition coefficient (Wildman–Crippen LogP) is 3.60. The number of carbonyl (C=O) groups is 1. The van der Waals surface area contributed by atoms with E-state index >= 15 is 0 Å². The Kier molecular flexibility index (Phi) is 6.90. The van der Waals surface area contributed by atoms with E-state index in [1.165, 1.54) is 16.7 Å². The highest BCUT2D eigenvalue weighted by atomic mass is 32.2. The van der Waals surface area contributed by atoms with E-state index in [0.29, 0.717) is 12.2 Å². The molecule has 6 heteroatoms. The molecule has 28 heavy (non-hydrogen) atoms. The van der Waals surface area contributed by atoms with E-state index in [1.807, 2.05) is 30.3 Å². The number of thioether (sulfide) groups is 1. The van der Waals surface area contributed by atoms with Crippen molar-refractivity contribution in [3.63, 3.8) is 0 Å². The number of hydrogen-bond donors (Lipinski definition) is 2. The molecule has 0 aliphatic carbocycles. The molecule has 1 heterocycles. The third-order valence-electron chi connectivity index (χ3n) is 4.56. The number of aliphatic hydroxyl groups excluding tert-OH is 1. The minimum Gasteiger partial charge on any atom is -0.390 e. The number of nitrogens with zero attached hydrogens (tertiary/aromatic N) is 2. The van der Waals surface area contributed by atoms with Gasteiger partial charge in [0, 0.05) is 12.3 Å². The van der Waals surface area contributed by atoms with Crippen LogP contribution >= 0.6 is 11.8 Å². The van der Waals surface area contributed by atoms with Crippen molar-refractivity contribution >= 4 is 17.7 Å². The summed E-state index contributed by atoms with van der Waals surface area (Å²) >= 11 is 1.58. The number of imidazole rings is 1. The Labute approximate surface area is 169 Å². The van der Waals surface area contributed by atoms with Crippen LogP contribution in [0.2, 0.25) is 0 Å². The molecule has 0 radical (unpaired) electrons. The van der Waals surface area contributed by atoms with Crippen LogP contribution in [0, 0.1) is 13.8 Å². The number of aliphatic hydroxyl groups is 1. The summed E-state index contributed by atoms with van der Waals surface area (Å²) in [5, 5.41) is 13.3. The first kappa shape index (κ1) is 20.2. The topological polar surface area (TPSA) is 67.2 Å². The summed E-state index contributed by atoms with van der Waals surface area (Å²) in [6.07, 6.45) is 1.63. The van der Waals surface area contributed by atoms with Crippen LogP contribution in [0.15, 0.2) is 59.9 Å². The van der Waals surface area contributed by atoms with Crippen LogP contribution in [0.5, 0.6) is 0 Å². The van der Waals surface area contributed by atoms with Crippen LogP contribution in [0.25, 0.3) is 0 Å². The third kappa shape index (κ3) is 5.24. The maximum atomic E-state index is 12.4. The average Bonchev–Trinajstić information content (AvgIpc) is 3.09. The Balaban J connectivity index is 1.66. The second kappa shape index (κ2) is 9.57. The van der Waals surface area contributed by atoms with Gasteiger partial charge in [0.05, 0.1) is 18.5 Å². The fourth-order valence-corrected chi connectivity index (χ4v) is 3.96. The minimum absolute atomic E-state index is 0.106. The largest absolute Gasteiger partial charge is 0.390 e. The predicted molar refractivity (Wildman–Crippen MR) is 112 cm³/mol. The van der Waals surface area contributed by atoms with Gasteiger partial charge in [0.25, 0.3) is 0 Å². The van der Waals surface area contributed by atoms with Crippen LogP contribution in [0.4, 0.5) is 0 Å². The van der Waals surface area contributed by atoms with E-state index in [0.717, 1.165) is 16.5 Å². The van der Waals surface area contributed by atoms with Gasteiger partial charge in [-0.2, -0.15) is 0 Å². The fraction of sp³-hybridized carbons (Fsp3) is 0.273. The lowest BCUT2D eigenvalue weighted by atomic mass is 10.1. The number of amides is 1. The van der Waals surface area contributed by atoms with Crippen LogP contribution in [-0.4, -0.2) is 20.6 Å². The Bertz CT molecular complexity index is 938. The second-order valence-corrected chi connectivity index (χ2v) is 7.70. The molecule has 0 unspecified atom stereocenters. The molecule has 3 rings (SSSR count). The highest BCUT2D eigenvalue weighted by Gasteiger charge is 2.14. The maximum Gasteiger partial charge on any atom is 0.240 e.